The van der Waals surface area contributed by atoms with Crippen molar-refractivity contribution < 1.29 is 14.3 Å². The van der Waals surface area contributed by atoms with Gasteiger partial charge in [-0.25, -0.2) is 4.98 Å². The highest BCUT2D eigenvalue weighted by Gasteiger charge is 2.18. The van der Waals surface area contributed by atoms with Gasteiger partial charge in [-0.2, -0.15) is 0 Å². The average Bonchev–Trinajstić information content (AvgIpc) is 2.48. The number of ketones is 1. The second kappa shape index (κ2) is 7.17. The minimum atomic E-state index is -0.237. The predicted octanol–water partition coefficient (Wildman–Crippen LogP) is 0.969. The van der Waals surface area contributed by atoms with Gasteiger partial charge in [0, 0.05) is 46.6 Å². The summed E-state index contributed by atoms with van der Waals surface area (Å²) in [5.74, 6) is 0.595. The van der Waals surface area contributed by atoms with Gasteiger partial charge < -0.3 is 9.64 Å². The number of aromatic nitrogens is 1. The Hall–Kier alpha value is -1.95. The van der Waals surface area contributed by atoms with E-state index in [9.17, 15) is 9.59 Å². The summed E-state index contributed by atoms with van der Waals surface area (Å²) in [6, 6.07) is 5.54. The van der Waals surface area contributed by atoms with Crippen molar-refractivity contribution >= 4 is 17.6 Å². The lowest BCUT2D eigenvalue weighted by Gasteiger charge is -2.35. The van der Waals surface area contributed by atoms with Crippen LogP contribution in [0, 0.1) is 0 Å². The predicted molar refractivity (Wildman–Crippen MR) is 79.5 cm³/mol. The molecule has 21 heavy (non-hydrogen) atoms. The van der Waals surface area contributed by atoms with Crippen molar-refractivity contribution in [3.05, 3.63) is 23.9 Å². The molecular formula is C15H21N3O3. The Morgan fingerprint density at radius 2 is 1.90 bits per heavy atom. The first-order chi connectivity index (χ1) is 10.1. The van der Waals surface area contributed by atoms with Gasteiger partial charge in [0.05, 0.1) is 0 Å². The smallest absolute Gasteiger partial charge is 0.302 e. The van der Waals surface area contributed by atoms with Crippen LogP contribution in [0.2, 0.25) is 0 Å². The fourth-order valence-electron chi connectivity index (χ4n) is 2.31. The van der Waals surface area contributed by atoms with Crippen molar-refractivity contribution in [3.8, 4) is 0 Å². The number of anilines is 1. The first kappa shape index (κ1) is 15.4. The Morgan fingerprint density at radius 1 is 1.19 bits per heavy atom. The molecule has 1 fully saturated rings. The lowest BCUT2D eigenvalue weighted by atomic mass is 10.2. The molecule has 114 valence electrons. The second-order valence-corrected chi connectivity index (χ2v) is 5.11. The van der Waals surface area contributed by atoms with Crippen molar-refractivity contribution in [2.75, 3.05) is 44.2 Å². The van der Waals surface area contributed by atoms with Crippen LogP contribution in [0.25, 0.3) is 0 Å². The molecule has 1 aliphatic heterocycles. The summed E-state index contributed by atoms with van der Waals surface area (Å²) in [6.07, 6.45) is 0. The minimum absolute atomic E-state index is 0.0168. The molecule has 0 saturated carbocycles. The van der Waals surface area contributed by atoms with Gasteiger partial charge in [0.15, 0.2) is 5.78 Å². The van der Waals surface area contributed by atoms with Gasteiger partial charge in [-0.3, -0.25) is 14.5 Å². The van der Waals surface area contributed by atoms with Crippen LogP contribution in [-0.4, -0.2) is 61.0 Å². The van der Waals surface area contributed by atoms with Crippen LogP contribution in [0.15, 0.2) is 18.2 Å². The Kier molecular flexibility index (Phi) is 5.27. The zero-order chi connectivity index (χ0) is 15.2. The molecule has 0 N–H and O–H groups in total. The number of nitrogens with zero attached hydrogens (tertiary/aromatic N) is 3. The molecular weight excluding hydrogens is 270 g/mol. The summed E-state index contributed by atoms with van der Waals surface area (Å²) in [5, 5.41) is 0. The van der Waals surface area contributed by atoms with E-state index in [2.05, 4.69) is 14.8 Å². The highest BCUT2D eigenvalue weighted by molar-refractivity contribution is 5.92. The largest absolute Gasteiger partial charge is 0.465 e. The molecule has 0 spiro atoms. The summed E-state index contributed by atoms with van der Waals surface area (Å²) >= 11 is 0. The zero-order valence-electron chi connectivity index (χ0n) is 12.5. The highest BCUT2D eigenvalue weighted by Crippen LogP contribution is 2.14. The highest BCUT2D eigenvalue weighted by atomic mass is 16.5. The topological polar surface area (TPSA) is 62.7 Å². The van der Waals surface area contributed by atoms with Gasteiger partial charge >= 0.3 is 5.97 Å². The van der Waals surface area contributed by atoms with E-state index in [1.54, 1.807) is 6.07 Å². The summed E-state index contributed by atoms with van der Waals surface area (Å²) in [6.45, 7) is 7.65. The number of carbonyl (C=O) groups is 2. The Balaban J connectivity index is 1.84. The van der Waals surface area contributed by atoms with E-state index in [0.717, 1.165) is 38.5 Å². The molecule has 1 aromatic rings. The molecule has 0 unspecified atom stereocenters. The van der Waals surface area contributed by atoms with Crippen molar-refractivity contribution in [1.29, 1.82) is 0 Å². The van der Waals surface area contributed by atoms with Crippen molar-refractivity contribution in [3.63, 3.8) is 0 Å². The van der Waals surface area contributed by atoms with Crippen LogP contribution in [0.3, 0.4) is 0 Å². The number of ether oxygens (including phenoxy) is 1. The van der Waals surface area contributed by atoms with Crippen molar-refractivity contribution in [1.82, 2.24) is 9.88 Å². The van der Waals surface area contributed by atoms with E-state index in [-0.39, 0.29) is 11.8 Å². The number of Topliss-reactive ketones (excluding diaryl/α,β-unsaturated/α-hetero) is 1. The third kappa shape index (κ3) is 4.53. The Morgan fingerprint density at radius 3 is 2.52 bits per heavy atom. The van der Waals surface area contributed by atoms with Crippen LogP contribution in [-0.2, 0) is 9.53 Å². The molecule has 0 atom stereocenters. The van der Waals surface area contributed by atoms with Crippen molar-refractivity contribution in [2.45, 2.75) is 13.8 Å². The molecule has 2 heterocycles. The van der Waals surface area contributed by atoms with Gasteiger partial charge in [-0.1, -0.05) is 6.07 Å². The second-order valence-electron chi connectivity index (χ2n) is 5.11. The Bertz CT molecular complexity index is 511. The minimum Gasteiger partial charge on any atom is -0.465 e. The molecule has 0 aliphatic carbocycles. The maximum atomic E-state index is 11.4. The van der Waals surface area contributed by atoms with Crippen LogP contribution in [0.5, 0.6) is 0 Å². The van der Waals surface area contributed by atoms with E-state index in [1.807, 2.05) is 12.1 Å². The van der Waals surface area contributed by atoms with Crippen LogP contribution >= 0.6 is 0 Å². The molecule has 0 bridgehead atoms. The van der Waals surface area contributed by atoms with Gasteiger partial charge in [0.25, 0.3) is 0 Å². The number of carbonyl (C=O) groups excluding carboxylic acids is 2. The molecule has 0 aromatic carbocycles. The first-order valence-corrected chi connectivity index (χ1v) is 7.15. The third-order valence-electron chi connectivity index (χ3n) is 3.50. The summed E-state index contributed by atoms with van der Waals surface area (Å²) < 4.78 is 4.95. The lowest BCUT2D eigenvalue weighted by molar-refractivity contribution is -0.141. The standard InChI is InChI=1S/C15H21N3O3/c1-12(19)14-4-3-5-15(16-14)18-8-6-17(7-9-18)10-11-21-13(2)20/h3-5H,6-11H2,1-2H3. The SMILES string of the molecule is CC(=O)OCCN1CCN(c2cccc(C(C)=O)n2)CC1. The van der Waals surface area contributed by atoms with Gasteiger partial charge in [0.1, 0.15) is 18.1 Å². The molecule has 6 heteroatoms. The monoisotopic (exact) mass is 291 g/mol. The number of hydrogen-bond acceptors (Lipinski definition) is 6. The van der Waals surface area contributed by atoms with E-state index >= 15 is 0 Å². The molecule has 0 amide bonds. The molecule has 1 aliphatic rings. The number of rotatable bonds is 5. The fourth-order valence-corrected chi connectivity index (χ4v) is 2.31. The maximum Gasteiger partial charge on any atom is 0.302 e. The van der Waals surface area contributed by atoms with Crippen LogP contribution in [0.1, 0.15) is 24.3 Å². The molecule has 0 radical (unpaired) electrons. The summed E-state index contributed by atoms with van der Waals surface area (Å²) in [7, 11) is 0. The lowest BCUT2D eigenvalue weighted by Crippen LogP contribution is -2.47. The third-order valence-corrected chi connectivity index (χ3v) is 3.50. The van der Waals surface area contributed by atoms with E-state index in [0.29, 0.717) is 12.3 Å². The first-order valence-electron chi connectivity index (χ1n) is 7.15. The summed E-state index contributed by atoms with van der Waals surface area (Å²) in [4.78, 5) is 30.9. The van der Waals surface area contributed by atoms with E-state index < -0.39 is 0 Å². The van der Waals surface area contributed by atoms with Crippen molar-refractivity contribution in [2.24, 2.45) is 0 Å². The van der Waals surface area contributed by atoms with Crippen LogP contribution in [0.4, 0.5) is 5.82 Å². The number of hydrogen-bond donors (Lipinski definition) is 0. The molecule has 1 aromatic heterocycles. The van der Waals surface area contributed by atoms with Crippen LogP contribution < -0.4 is 4.90 Å². The molecule has 1 saturated heterocycles. The normalized spacial score (nSPS) is 15.8. The van der Waals surface area contributed by atoms with Gasteiger partial charge in [-0.15, -0.1) is 0 Å². The average molecular weight is 291 g/mol. The number of esters is 1. The maximum absolute atomic E-state index is 11.4. The fraction of sp³-hybridized carbons (Fsp3) is 0.533. The zero-order valence-corrected chi connectivity index (χ0v) is 12.5. The van der Waals surface area contributed by atoms with E-state index in [4.69, 9.17) is 4.74 Å². The molecule has 2 rings (SSSR count). The number of piperazine rings is 1. The van der Waals surface area contributed by atoms with Gasteiger partial charge in [-0.05, 0) is 12.1 Å². The summed E-state index contributed by atoms with van der Waals surface area (Å²) in [5.41, 5.74) is 0.504. The molecule has 6 nitrogen and oxygen atoms in total. The Labute approximate surface area is 124 Å². The van der Waals surface area contributed by atoms with E-state index in [1.165, 1.54) is 13.8 Å². The quantitative estimate of drug-likeness (QED) is 0.595. The number of pyridine rings is 1. The van der Waals surface area contributed by atoms with Gasteiger partial charge in [0.2, 0.25) is 0 Å².